The van der Waals surface area contributed by atoms with Crippen molar-refractivity contribution in [2.24, 2.45) is 0 Å². The summed E-state index contributed by atoms with van der Waals surface area (Å²) in [7, 11) is 0. The molecule has 4 nitrogen and oxygen atoms in total. The molecule has 19 heavy (non-hydrogen) atoms. The smallest absolute Gasteiger partial charge is 0.268 e. The second-order valence-electron chi connectivity index (χ2n) is 4.46. The molecule has 0 bridgehead atoms. The van der Waals surface area contributed by atoms with Crippen LogP contribution in [0.2, 0.25) is 0 Å². The van der Waals surface area contributed by atoms with Crippen LogP contribution in [0.5, 0.6) is 5.75 Å². The van der Waals surface area contributed by atoms with Crippen LogP contribution in [0, 0.1) is 0 Å². The number of rotatable bonds is 4. The number of aromatic amines is 1. The lowest BCUT2D eigenvalue weighted by Gasteiger charge is -2.10. The van der Waals surface area contributed by atoms with E-state index in [-0.39, 0.29) is 11.7 Å². The van der Waals surface area contributed by atoms with E-state index in [0.717, 1.165) is 11.3 Å². The number of aromatic nitrogens is 2. The molecule has 0 aliphatic carbocycles. The lowest BCUT2D eigenvalue weighted by Crippen LogP contribution is -2.13. The van der Waals surface area contributed by atoms with Crippen LogP contribution < -0.4 is 10.3 Å². The van der Waals surface area contributed by atoms with Crippen LogP contribution in [-0.4, -0.2) is 16.3 Å². The molecule has 1 aromatic carbocycles. The molecule has 0 aliphatic rings. The average Bonchev–Trinajstić information content (AvgIpc) is 2.39. The molecule has 1 N–H and O–H groups in total. The highest BCUT2D eigenvalue weighted by atomic mass is 32.1. The molecule has 0 atom stereocenters. The monoisotopic (exact) mass is 276 g/mol. The van der Waals surface area contributed by atoms with Gasteiger partial charge in [0.1, 0.15) is 5.75 Å². The molecule has 2 rings (SSSR count). The maximum Gasteiger partial charge on any atom is 0.268 e. The summed E-state index contributed by atoms with van der Waals surface area (Å²) in [6.45, 7) is 3.95. The second-order valence-corrected chi connectivity index (χ2v) is 4.78. The lowest BCUT2D eigenvalue weighted by molar-refractivity contribution is 0.242. The van der Waals surface area contributed by atoms with E-state index in [4.69, 9.17) is 4.74 Å². The van der Waals surface area contributed by atoms with Gasteiger partial charge >= 0.3 is 0 Å². The molecule has 0 spiro atoms. The van der Waals surface area contributed by atoms with E-state index < -0.39 is 0 Å². The van der Waals surface area contributed by atoms with Crippen LogP contribution in [0.4, 0.5) is 0 Å². The predicted octanol–water partition coefficient (Wildman–Crippen LogP) is 2.65. The van der Waals surface area contributed by atoms with E-state index in [2.05, 4.69) is 22.8 Å². The lowest BCUT2D eigenvalue weighted by atomic mass is 10.1. The Balaban J connectivity index is 2.38. The summed E-state index contributed by atoms with van der Waals surface area (Å²) in [5.41, 5.74) is 2.01. The van der Waals surface area contributed by atoms with Crippen LogP contribution in [-0.2, 0) is 5.75 Å². The van der Waals surface area contributed by atoms with Crippen molar-refractivity contribution in [2.45, 2.75) is 25.7 Å². The number of H-pyrrole nitrogens is 1. The molecule has 2 aromatic rings. The Kier molecular flexibility index (Phi) is 4.27. The minimum absolute atomic E-state index is 0.117. The highest BCUT2D eigenvalue weighted by molar-refractivity contribution is 7.79. The molecule has 0 saturated heterocycles. The Labute approximate surface area is 117 Å². The normalized spacial score (nSPS) is 10.7. The van der Waals surface area contributed by atoms with Gasteiger partial charge in [0, 0.05) is 16.9 Å². The van der Waals surface area contributed by atoms with E-state index in [1.807, 2.05) is 38.1 Å². The Hall–Kier alpha value is -1.75. The first-order valence-corrected chi connectivity index (χ1v) is 6.70. The Bertz CT molecular complexity index is 623. The molecule has 5 heteroatoms. The number of hydrogen-bond acceptors (Lipinski definition) is 4. The van der Waals surface area contributed by atoms with Gasteiger partial charge in [-0.3, -0.25) is 4.79 Å². The zero-order valence-electron chi connectivity index (χ0n) is 10.9. The van der Waals surface area contributed by atoms with Gasteiger partial charge in [-0.15, -0.1) is 0 Å². The van der Waals surface area contributed by atoms with Gasteiger partial charge in [0.05, 0.1) is 11.8 Å². The first-order chi connectivity index (χ1) is 9.10. The van der Waals surface area contributed by atoms with Crippen molar-refractivity contribution in [3.8, 4) is 17.0 Å². The van der Waals surface area contributed by atoms with E-state index in [0.29, 0.717) is 17.0 Å². The van der Waals surface area contributed by atoms with Gasteiger partial charge in [0.15, 0.2) is 0 Å². The summed E-state index contributed by atoms with van der Waals surface area (Å²) >= 11 is 4.13. The summed E-state index contributed by atoms with van der Waals surface area (Å²) in [6, 6.07) is 9.38. The maximum atomic E-state index is 11.5. The fourth-order valence-corrected chi connectivity index (χ4v) is 1.95. The van der Waals surface area contributed by atoms with Crippen molar-refractivity contribution in [1.29, 1.82) is 0 Å². The maximum absolute atomic E-state index is 11.5. The Morgan fingerprint density at radius 2 is 2.16 bits per heavy atom. The number of nitrogens with zero attached hydrogens (tertiary/aromatic N) is 1. The van der Waals surface area contributed by atoms with Crippen LogP contribution in [0.15, 0.2) is 35.1 Å². The topological polar surface area (TPSA) is 55.0 Å². The fourth-order valence-electron chi connectivity index (χ4n) is 1.71. The van der Waals surface area contributed by atoms with Crippen molar-refractivity contribution < 1.29 is 4.74 Å². The van der Waals surface area contributed by atoms with Crippen LogP contribution in [0.1, 0.15) is 19.4 Å². The highest BCUT2D eigenvalue weighted by Gasteiger charge is 2.06. The van der Waals surface area contributed by atoms with Gasteiger partial charge in [-0.25, -0.2) is 5.10 Å². The van der Waals surface area contributed by atoms with Crippen molar-refractivity contribution in [1.82, 2.24) is 10.2 Å². The number of ether oxygens (including phenoxy) is 1. The predicted molar refractivity (Wildman–Crippen MR) is 78.7 cm³/mol. The number of hydrogen-bond donors (Lipinski definition) is 2. The summed E-state index contributed by atoms with van der Waals surface area (Å²) in [6.07, 6.45) is 0.117. The van der Waals surface area contributed by atoms with Crippen LogP contribution in [0.3, 0.4) is 0 Å². The molecule has 0 unspecified atom stereocenters. The fraction of sp³-hybridized carbons (Fsp3) is 0.286. The van der Waals surface area contributed by atoms with Crippen LogP contribution in [0.25, 0.3) is 11.3 Å². The first kappa shape index (κ1) is 13.7. The molecule has 0 radical (unpaired) electrons. The van der Waals surface area contributed by atoms with Crippen LogP contribution >= 0.6 is 12.6 Å². The van der Waals surface area contributed by atoms with E-state index in [9.17, 15) is 4.79 Å². The number of thiol groups is 1. The summed E-state index contributed by atoms with van der Waals surface area (Å²) in [4.78, 5) is 11.5. The molecular weight excluding hydrogens is 260 g/mol. The zero-order valence-corrected chi connectivity index (χ0v) is 11.8. The van der Waals surface area contributed by atoms with Gasteiger partial charge in [0.25, 0.3) is 5.56 Å². The highest BCUT2D eigenvalue weighted by Crippen LogP contribution is 2.22. The number of nitrogens with one attached hydrogen (secondary N) is 1. The average molecular weight is 276 g/mol. The molecular formula is C14H16N2O2S. The first-order valence-electron chi connectivity index (χ1n) is 6.06. The molecule has 1 heterocycles. The van der Waals surface area contributed by atoms with Crippen molar-refractivity contribution >= 4 is 12.6 Å². The van der Waals surface area contributed by atoms with Crippen molar-refractivity contribution in [3.05, 3.63) is 46.2 Å². The van der Waals surface area contributed by atoms with Crippen molar-refractivity contribution in [2.75, 3.05) is 0 Å². The standard InChI is InChI=1S/C14H16N2O2S/c1-9(2)18-12-5-3-4-10(6-12)13-7-11(8-19)14(17)16-15-13/h3-7,9,19H,8H2,1-2H3,(H,16,17). The Morgan fingerprint density at radius 3 is 2.84 bits per heavy atom. The molecule has 1 aromatic heterocycles. The largest absolute Gasteiger partial charge is 0.491 e. The summed E-state index contributed by atoms with van der Waals surface area (Å²) in [5, 5.41) is 6.53. The minimum Gasteiger partial charge on any atom is -0.491 e. The minimum atomic E-state index is -0.201. The van der Waals surface area contributed by atoms with E-state index >= 15 is 0 Å². The summed E-state index contributed by atoms with van der Waals surface area (Å²) in [5.74, 6) is 1.17. The third-order valence-corrected chi connectivity index (χ3v) is 2.89. The van der Waals surface area contributed by atoms with Crippen molar-refractivity contribution in [3.63, 3.8) is 0 Å². The third-order valence-electron chi connectivity index (χ3n) is 2.55. The van der Waals surface area contributed by atoms with Gasteiger partial charge in [0.2, 0.25) is 0 Å². The van der Waals surface area contributed by atoms with Gasteiger partial charge in [-0.2, -0.15) is 17.7 Å². The third kappa shape index (κ3) is 3.38. The Morgan fingerprint density at radius 1 is 1.37 bits per heavy atom. The molecule has 0 saturated carbocycles. The molecule has 0 fully saturated rings. The molecule has 100 valence electrons. The van der Waals surface area contributed by atoms with Gasteiger partial charge in [-0.1, -0.05) is 12.1 Å². The van der Waals surface area contributed by atoms with Gasteiger partial charge in [-0.05, 0) is 32.0 Å². The SMILES string of the molecule is CC(C)Oc1cccc(-c2cc(CS)c(=O)[nH]n2)c1. The quantitative estimate of drug-likeness (QED) is 0.844. The second kappa shape index (κ2) is 5.93. The zero-order chi connectivity index (χ0) is 13.8. The molecule has 0 amide bonds. The summed E-state index contributed by atoms with van der Waals surface area (Å²) < 4.78 is 5.64. The van der Waals surface area contributed by atoms with E-state index in [1.54, 1.807) is 6.07 Å². The number of benzene rings is 1. The van der Waals surface area contributed by atoms with Gasteiger partial charge < -0.3 is 4.74 Å². The van der Waals surface area contributed by atoms with E-state index in [1.165, 1.54) is 0 Å². The molecule has 0 aliphatic heterocycles.